The van der Waals surface area contributed by atoms with E-state index in [4.69, 9.17) is 0 Å². The predicted octanol–water partition coefficient (Wildman–Crippen LogP) is 1.12. The Hall–Kier alpha value is -0.350. The topological polar surface area (TPSA) is 70.6 Å². The second kappa shape index (κ2) is 9.54. The number of hydrogen-bond donors (Lipinski definition) is 2. The molecule has 0 amide bonds. The summed E-state index contributed by atoms with van der Waals surface area (Å²) in [4.78, 5) is 5.34. The highest BCUT2D eigenvalue weighted by atomic mass is 127. The number of guanidine groups is 1. The predicted molar refractivity (Wildman–Crippen MR) is 92.5 cm³/mol. The number of hydrogen-bond acceptors (Lipinski definition) is 4. The van der Waals surface area contributed by atoms with E-state index in [-0.39, 0.29) is 29.7 Å². The van der Waals surface area contributed by atoms with Crippen molar-refractivity contribution >= 4 is 51.1 Å². The Labute approximate surface area is 135 Å². The monoisotopic (exact) mass is 417 g/mol. The Balaban J connectivity index is 0.00000324. The third-order valence-electron chi connectivity index (χ3n) is 2.23. The lowest BCUT2D eigenvalue weighted by atomic mass is 10.3. The van der Waals surface area contributed by atoms with Crippen LogP contribution in [0.3, 0.4) is 0 Å². The van der Waals surface area contributed by atoms with Gasteiger partial charge in [0.15, 0.2) is 5.96 Å². The van der Waals surface area contributed by atoms with Gasteiger partial charge in [-0.25, -0.2) is 8.42 Å². The van der Waals surface area contributed by atoms with Crippen LogP contribution in [0.5, 0.6) is 0 Å². The van der Waals surface area contributed by atoms with Gasteiger partial charge in [0.1, 0.15) is 9.84 Å². The van der Waals surface area contributed by atoms with Crippen molar-refractivity contribution in [2.45, 2.75) is 6.42 Å². The van der Waals surface area contributed by atoms with Gasteiger partial charge >= 0.3 is 0 Å². The van der Waals surface area contributed by atoms with Gasteiger partial charge in [0.2, 0.25) is 0 Å². The van der Waals surface area contributed by atoms with Crippen molar-refractivity contribution in [3.63, 3.8) is 0 Å². The second-order valence-electron chi connectivity index (χ2n) is 3.89. The van der Waals surface area contributed by atoms with Gasteiger partial charge in [-0.05, 0) is 17.9 Å². The van der Waals surface area contributed by atoms with Crippen molar-refractivity contribution in [1.29, 1.82) is 0 Å². The number of thiophene rings is 1. The highest BCUT2D eigenvalue weighted by Gasteiger charge is 2.03. The van der Waals surface area contributed by atoms with Crippen LogP contribution in [0.25, 0.3) is 0 Å². The Morgan fingerprint density at radius 1 is 1.37 bits per heavy atom. The van der Waals surface area contributed by atoms with Crippen LogP contribution in [0, 0.1) is 0 Å². The molecule has 0 saturated carbocycles. The first-order chi connectivity index (χ1) is 8.51. The van der Waals surface area contributed by atoms with Gasteiger partial charge in [-0.1, -0.05) is 6.07 Å². The van der Waals surface area contributed by atoms with Gasteiger partial charge in [-0.2, -0.15) is 0 Å². The average Bonchev–Trinajstić information content (AvgIpc) is 2.78. The largest absolute Gasteiger partial charge is 0.356 e. The number of aliphatic imine (C=N–C) groups is 1. The minimum atomic E-state index is -2.93. The first-order valence-electron chi connectivity index (χ1n) is 5.66. The van der Waals surface area contributed by atoms with Gasteiger partial charge in [0, 0.05) is 31.3 Å². The molecule has 0 radical (unpaired) electrons. The summed E-state index contributed by atoms with van der Waals surface area (Å²) in [5.74, 6) is 0.744. The van der Waals surface area contributed by atoms with E-state index in [9.17, 15) is 8.42 Å². The van der Waals surface area contributed by atoms with Crippen LogP contribution < -0.4 is 10.6 Å². The summed E-state index contributed by atoms with van der Waals surface area (Å²) in [6.45, 7) is 1.15. The quantitative estimate of drug-likeness (QED) is 0.414. The van der Waals surface area contributed by atoms with Crippen LogP contribution in [0.4, 0.5) is 0 Å². The number of sulfone groups is 1. The van der Waals surface area contributed by atoms with Gasteiger partial charge in [-0.3, -0.25) is 4.99 Å². The molecule has 1 aromatic rings. The maximum atomic E-state index is 11.0. The van der Waals surface area contributed by atoms with Crippen LogP contribution in [0.2, 0.25) is 0 Å². The zero-order valence-electron chi connectivity index (χ0n) is 11.0. The Bertz CT molecular complexity index is 472. The lowest BCUT2D eigenvalue weighted by Crippen LogP contribution is -2.40. The van der Waals surface area contributed by atoms with Crippen molar-refractivity contribution < 1.29 is 8.42 Å². The Morgan fingerprint density at radius 2 is 2.05 bits per heavy atom. The maximum Gasteiger partial charge on any atom is 0.191 e. The maximum absolute atomic E-state index is 11.0. The summed E-state index contributed by atoms with van der Waals surface area (Å²) < 4.78 is 21.9. The number of rotatable bonds is 6. The standard InChI is InChI=1S/C11H19N3O2S2.HI/c1-12-11(14-7-9-18(2,15)16)13-6-5-10-4-3-8-17-10;/h3-4,8H,5-7,9H2,1-2H3,(H2,12,13,14);1H. The smallest absolute Gasteiger partial charge is 0.191 e. The molecule has 0 spiro atoms. The Morgan fingerprint density at radius 3 is 2.58 bits per heavy atom. The van der Waals surface area contributed by atoms with Crippen LogP contribution >= 0.6 is 35.3 Å². The first kappa shape index (κ1) is 18.7. The number of nitrogens with one attached hydrogen (secondary N) is 2. The molecule has 0 fully saturated rings. The summed E-state index contributed by atoms with van der Waals surface area (Å²) in [6.07, 6.45) is 2.16. The average molecular weight is 417 g/mol. The van der Waals surface area contributed by atoms with Crippen LogP contribution in [0.15, 0.2) is 22.5 Å². The summed E-state index contributed by atoms with van der Waals surface area (Å²) in [5, 5.41) is 8.16. The third kappa shape index (κ3) is 9.22. The first-order valence-corrected chi connectivity index (χ1v) is 8.60. The molecular weight excluding hydrogens is 397 g/mol. The van der Waals surface area contributed by atoms with Crippen molar-refractivity contribution in [3.8, 4) is 0 Å². The van der Waals surface area contributed by atoms with E-state index in [1.165, 1.54) is 11.1 Å². The van der Waals surface area contributed by atoms with Gasteiger partial charge < -0.3 is 10.6 Å². The van der Waals surface area contributed by atoms with Crippen LogP contribution in [-0.2, 0) is 16.3 Å². The molecular formula is C11H20IN3O2S2. The van der Waals surface area contributed by atoms with E-state index in [0.717, 1.165) is 13.0 Å². The normalized spacial score (nSPS) is 11.8. The summed E-state index contributed by atoms with van der Waals surface area (Å²) in [6, 6.07) is 4.12. The van der Waals surface area contributed by atoms with E-state index in [2.05, 4.69) is 27.1 Å². The van der Waals surface area contributed by atoms with E-state index >= 15 is 0 Å². The van der Waals surface area contributed by atoms with Gasteiger partial charge in [0.05, 0.1) is 5.75 Å². The summed E-state index contributed by atoms with van der Waals surface area (Å²) >= 11 is 1.72. The third-order valence-corrected chi connectivity index (χ3v) is 4.11. The van der Waals surface area contributed by atoms with E-state index in [0.29, 0.717) is 12.5 Å². The van der Waals surface area contributed by atoms with E-state index in [1.54, 1.807) is 18.4 Å². The second-order valence-corrected chi connectivity index (χ2v) is 7.18. The molecule has 8 heteroatoms. The molecule has 0 atom stereocenters. The van der Waals surface area contributed by atoms with E-state index in [1.807, 2.05) is 6.07 Å². The van der Waals surface area contributed by atoms with E-state index < -0.39 is 9.84 Å². The molecule has 2 N–H and O–H groups in total. The molecule has 110 valence electrons. The number of nitrogens with zero attached hydrogens (tertiary/aromatic N) is 1. The molecule has 0 aliphatic heterocycles. The molecule has 0 aromatic carbocycles. The van der Waals surface area contributed by atoms with Crippen molar-refractivity contribution in [2.24, 2.45) is 4.99 Å². The van der Waals surface area contributed by atoms with Crippen molar-refractivity contribution in [3.05, 3.63) is 22.4 Å². The zero-order chi connectivity index (χ0) is 13.4. The fourth-order valence-electron chi connectivity index (χ4n) is 1.33. The summed E-state index contributed by atoms with van der Waals surface area (Å²) in [7, 11) is -1.26. The minimum Gasteiger partial charge on any atom is -0.356 e. The molecule has 0 aliphatic carbocycles. The molecule has 1 rings (SSSR count). The molecule has 19 heavy (non-hydrogen) atoms. The van der Waals surface area contributed by atoms with Crippen LogP contribution in [0.1, 0.15) is 4.88 Å². The molecule has 5 nitrogen and oxygen atoms in total. The molecule has 1 aromatic heterocycles. The van der Waals surface area contributed by atoms with Crippen molar-refractivity contribution in [1.82, 2.24) is 10.6 Å². The molecule has 0 unspecified atom stereocenters. The lowest BCUT2D eigenvalue weighted by molar-refractivity contribution is 0.600. The van der Waals surface area contributed by atoms with Gasteiger partial charge in [-0.15, -0.1) is 35.3 Å². The SMILES string of the molecule is CN=C(NCCc1cccs1)NCCS(C)(=O)=O.I. The Kier molecular flexibility index (Phi) is 9.36. The fourth-order valence-corrected chi connectivity index (χ4v) is 2.52. The highest BCUT2D eigenvalue weighted by Crippen LogP contribution is 2.07. The molecule has 0 aliphatic rings. The van der Waals surface area contributed by atoms with Crippen LogP contribution in [-0.4, -0.2) is 46.5 Å². The lowest BCUT2D eigenvalue weighted by Gasteiger charge is -2.10. The molecule has 1 heterocycles. The zero-order valence-corrected chi connectivity index (χ0v) is 15.0. The highest BCUT2D eigenvalue weighted by molar-refractivity contribution is 14.0. The fraction of sp³-hybridized carbons (Fsp3) is 0.545. The molecule has 0 saturated heterocycles. The molecule has 0 bridgehead atoms. The van der Waals surface area contributed by atoms with Gasteiger partial charge in [0.25, 0.3) is 0 Å². The summed E-state index contributed by atoms with van der Waals surface area (Å²) in [5.41, 5.74) is 0. The minimum absolute atomic E-state index is 0. The number of halogens is 1. The van der Waals surface area contributed by atoms with Crippen molar-refractivity contribution in [2.75, 3.05) is 32.1 Å².